The Morgan fingerprint density at radius 2 is 1.76 bits per heavy atom. The Hall–Kier alpha value is -2.55. The van der Waals surface area contributed by atoms with Gasteiger partial charge in [-0.25, -0.2) is 0 Å². The number of allylic oxidation sites excluding steroid dienone is 1. The standard InChI is InChI=1S/C18H18N2O/c1-20-12-11-15(14-9-5-6-10-16(14)20)17(18(19)21)13-7-3-2-4-8-13/h2-12,15,17H,1H3,(H2,19,21). The molecule has 2 atom stereocenters. The molecule has 3 heteroatoms. The molecule has 0 spiro atoms. The Morgan fingerprint density at radius 3 is 2.48 bits per heavy atom. The number of hydrogen-bond donors (Lipinski definition) is 1. The van der Waals surface area contributed by atoms with Crippen LogP contribution in [-0.4, -0.2) is 13.0 Å². The maximum absolute atomic E-state index is 12.1. The fourth-order valence-corrected chi connectivity index (χ4v) is 3.00. The largest absolute Gasteiger partial charge is 0.369 e. The number of carbonyl (C=O) groups is 1. The molecule has 0 saturated heterocycles. The minimum atomic E-state index is -0.350. The Labute approximate surface area is 124 Å². The van der Waals surface area contributed by atoms with Crippen molar-refractivity contribution in [1.82, 2.24) is 0 Å². The molecule has 21 heavy (non-hydrogen) atoms. The van der Waals surface area contributed by atoms with Gasteiger partial charge in [-0.05, 0) is 17.2 Å². The highest BCUT2D eigenvalue weighted by molar-refractivity contribution is 5.84. The smallest absolute Gasteiger partial charge is 0.225 e. The molecule has 2 aromatic carbocycles. The van der Waals surface area contributed by atoms with E-state index in [0.29, 0.717) is 0 Å². The van der Waals surface area contributed by atoms with Crippen molar-refractivity contribution in [2.45, 2.75) is 11.8 Å². The Bertz CT molecular complexity index is 679. The highest BCUT2D eigenvalue weighted by Crippen LogP contribution is 2.41. The van der Waals surface area contributed by atoms with Crippen LogP contribution in [0.5, 0.6) is 0 Å². The summed E-state index contributed by atoms with van der Waals surface area (Å²) in [6, 6.07) is 17.9. The second kappa shape index (κ2) is 5.44. The van der Waals surface area contributed by atoms with Gasteiger partial charge in [0.25, 0.3) is 0 Å². The third-order valence-corrected chi connectivity index (χ3v) is 4.02. The highest BCUT2D eigenvalue weighted by atomic mass is 16.1. The summed E-state index contributed by atoms with van der Waals surface area (Å²) in [5.41, 5.74) is 8.91. The molecule has 0 aromatic heterocycles. The van der Waals surface area contributed by atoms with Crippen LogP contribution in [-0.2, 0) is 4.79 Å². The zero-order valence-corrected chi connectivity index (χ0v) is 11.9. The molecule has 2 N–H and O–H groups in total. The number of primary amides is 1. The molecule has 106 valence electrons. The third-order valence-electron chi connectivity index (χ3n) is 4.02. The number of para-hydroxylation sites is 1. The van der Waals surface area contributed by atoms with Crippen molar-refractivity contribution < 1.29 is 4.79 Å². The quantitative estimate of drug-likeness (QED) is 0.938. The normalized spacial score (nSPS) is 18.1. The van der Waals surface area contributed by atoms with E-state index >= 15 is 0 Å². The van der Waals surface area contributed by atoms with Crippen LogP contribution in [0.4, 0.5) is 5.69 Å². The molecule has 0 saturated carbocycles. The number of amides is 1. The molecule has 2 aromatic rings. The molecule has 0 bridgehead atoms. The van der Waals surface area contributed by atoms with Gasteiger partial charge in [0.2, 0.25) is 5.91 Å². The first-order chi connectivity index (χ1) is 10.2. The number of carbonyl (C=O) groups excluding carboxylic acids is 1. The fraction of sp³-hybridized carbons (Fsp3) is 0.167. The highest BCUT2D eigenvalue weighted by Gasteiger charge is 2.31. The lowest BCUT2D eigenvalue weighted by Crippen LogP contribution is -2.29. The zero-order chi connectivity index (χ0) is 14.8. The number of fused-ring (bicyclic) bond motifs is 1. The van der Waals surface area contributed by atoms with Crippen LogP contribution in [0.15, 0.2) is 66.9 Å². The predicted molar refractivity (Wildman–Crippen MR) is 85.1 cm³/mol. The lowest BCUT2D eigenvalue weighted by molar-refractivity contribution is -0.119. The van der Waals surface area contributed by atoms with E-state index in [-0.39, 0.29) is 17.7 Å². The minimum Gasteiger partial charge on any atom is -0.369 e. The van der Waals surface area contributed by atoms with Crippen LogP contribution in [0.25, 0.3) is 0 Å². The fourth-order valence-electron chi connectivity index (χ4n) is 3.00. The van der Waals surface area contributed by atoms with E-state index in [1.54, 1.807) is 0 Å². The average Bonchev–Trinajstić information content (AvgIpc) is 2.51. The molecule has 0 fully saturated rings. The van der Waals surface area contributed by atoms with Gasteiger partial charge >= 0.3 is 0 Å². The van der Waals surface area contributed by atoms with Crippen molar-refractivity contribution >= 4 is 11.6 Å². The van der Waals surface area contributed by atoms with Crippen LogP contribution in [0, 0.1) is 0 Å². The third kappa shape index (κ3) is 2.42. The topological polar surface area (TPSA) is 46.3 Å². The van der Waals surface area contributed by atoms with Gasteiger partial charge in [0.1, 0.15) is 0 Å². The molecule has 0 radical (unpaired) electrons. The summed E-state index contributed by atoms with van der Waals surface area (Å²) < 4.78 is 0. The number of nitrogens with zero attached hydrogens (tertiary/aromatic N) is 1. The summed E-state index contributed by atoms with van der Waals surface area (Å²) in [5.74, 6) is -0.676. The summed E-state index contributed by atoms with van der Waals surface area (Å²) in [6.07, 6.45) is 4.07. The van der Waals surface area contributed by atoms with E-state index in [2.05, 4.69) is 23.1 Å². The van der Waals surface area contributed by atoms with Gasteiger partial charge in [0.15, 0.2) is 0 Å². The summed E-state index contributed by atoms with van der Waals surface area (Å²) in [6.45, 7) is 0. The maximum Gasteiger partial charge on any atom is 0.225 e. The van der Waals surface area contributed by atoms with E-state index in [9.17, 15) is 4.79 Å². The molecule has 2 unspecified atom stereocenters. The van der Waals surface area contributed by atoms with Crippen molar-refractivity contribution in [2.75, 3.05) is 11.9 Å². The molecule has 3 nitrogen and oxygen atoms in total. The lowest BCUT2D eigenvalue weighted by atomic mass is 9.79. The number of anilines is 1. The number of benzene rings is 2. The van der Waals surface area contributed by atoms with Gasteiger partial charge in [-0.15, -0.1) is 0 Å². The predicted octanol–water partition coefficient (Wildman–Crippen LogP) is 3.00. The van der Waals surface area contributed by atoms with Gasteiger partial charge in [-0.3, -0.25) is 4.79 Å². The monoisotopic (exact) mass is 278 g/mol. The first-order valence-corrected chi connectivity index (χ1v) is 7.03. The molecule has 1 aliphatic rings. The number of rotatable bonds is 3. The molecular weight excluding hydrogens is 260 g/mol. The van der Waals surface area contributed by atoms with Crippen molar-refractivity contribution in [3.05, 3.63) is 78.0 Å². The first-order valence-electron chi connectivity index (χ1n) is 7.03. The second-order valence-electron chi connectivity index (χ2n) is 5.33. The first kappa shape index (κ1) is 13.4. The molecule has 3 rings (SSSR count). The van der Waals surface area contributed by atoms with E-state index in [1.165, 1.54) is 0 Å². The SMILES string of the molecule is CN1C=CC(C(C(N)=O)c2ccccc2)c2ccccc21. The van der Waals surface area contributed by atoms with Crippen LogP contribution >= 0.6 is 0 Å². The van der Waals surface area contributed by atoms with E-state index in [0.717, 1.165) is 16.8 Å². The van der Waals surface area contributed by atoms with Crippen molar-refractivity contribution in [1.29, 1.82) is 0 Å². The molecule has 1 amide bonds. The van der Waals surface area contributed by atoms with Crippen molar-refractivity contribution in [3.63, 3.8) is 0 Å². The maximum atomic E-state index is 12.1. The molecule has 1 aliphatic heterocycles. The van der Waals surface area contributed by atoms with Gasteiger partial charge in [0, 0.05) is 24.9 Å². The Balaban J connectivity index is 2.09. The van der Waals surface area contributed by atoms with E-state index < -0.39 is 0 Å². The number of hydrogen-bond acceptors (Lipinski definition) is 2. The molecular formula is C18H18N2O. The summed E-state index contributed by atoms with van der Waals surface area (Å²) in [5, 5.41) is 0. The second-order valence-corrected chi connectivity index (χ2v) is 5.33. The Morgan fingerprint density at radius 1 is 1.10 bits per heavy atom. The van der Waals surface area contributed by atoms with Crippen LogP contribution in [0.2, 0.25) is 0 Å². The van der Waals surface area contributed by atoms with Gasteiger partial charge in [0.05, 0.1) is 5.92 Å². The average molecular weight is 278 g/mol. The van der Waals surface area contributed by atoms with E-state index in [4.69, 9.17) is 5.73 Å². The van der Waals surface area contributed by atoms with Gasteiger partial charge in [-0.2, -0.15) is 0 Å². The van der Waals surface area contributed by atoms with E-state index in [1.807, 2.05) is 55.7 Å². The van der Waals surface area contributed by atoms with Gasteiger partial charge in [-0.1, -0.05) is 54.6 Å². The Kier molecular flexibility index (Phi) is 3.48. The summed E-state index contributed by atoms with van der Waals surface area (Å²) in [4.78, 5) is 14.1. The van der Waals surface area contributed by atoms with Crippen LogP contribution in [0.1, 0.15) is 23.0 Å². The number of nitrogens with two attached hydrogens (primary N) is 1. The van der Waals surface area contributed by atoms with Gasteiger partial charge < -0.3 is 10.6 Å². The summed E-state index contributed by atoms with van der Waals surface area (Å²) in [7, 11) is 2.01. The minimum absolute atomic E-state index is 0.0303. The lowest BCUT2D eigenvalue weighted by Gasteiger charge is -2.31. The van der Waals surface area contributed by atoms with Crippen LogP contribution < -0.4 is 10.6 Å². The van der Waals surface area contributed by atoms with Crippen molar-refractivity contribution in [3.8, 4) is 0 Å². The molecule has 1 heterocycles. The zero-order valence-electron chi connectivity index (χ0n) is 11.9. The summed E-state index contributed by atoms with van der Waals surface area (Å²) >= 11 is 0. The molecule has 0 aliphatic carbocycles. The van der Waals surface area contributed by atoms with Crippen molar-refractivity contribution in [2.24, 2.45) is 5.73 Å². The van der Waals surface area contributed by atoms with Crippen LogP contribution in [0.3, 0.4) is 0 Å².